The van der Waals surface area contributed by atoms with E-state index in [0.29, 0.717) is 23.0 Å². The highest BCUT2D eigenvalue weighted by atomic mass is 19.1. The largest absolute Gasteiger partial charge is 0.462 e. The Bertz CT molecular complexity index is 455. The van der Waals surface area contributed by atoms with E-state index in [-0.39, 0.29) is 0 Å². The minimum Gasteiger partial charge on any atom is -0.462 e. The van der Waals surface area contributed by atoms with Gasteiger partial charge in [0.1, 0.15) is 11.6 Å². The summed E-state index contributed by atoms with van der Waals surface area (Å²) in [6, 6.07) is 7.06. The van der Waals surface area contributed by atoms with Crippen molar-refractivity contribution in [3.63, 3.8) is 0 Å². The average Bonchev–Trinajstić information content (AvgIpc) is 2.66. The van der Waals surface area contributed by atoms with Crippen molar-refractivity contribution in [3.8, 4) is 17.1 Å². The first kappa shape index (κ1) is 9.64. The molecule has 2 aromatic rings. The molecule has 5 heteroatoms. The molecular formula is C10H10FN3O. The molecule has 1 N–H and O–H groups in total. The molecule has 0 atom stereocenters. The lowest BCUT2D eigenvalue weighted by molar-refractivity contribution is 0.192. The first-order chi connectivity index (χ1) is 7.31. The normalized spacial score (nSPS) is 10.3. The summed E-state index contributed by atoms with van der Waals surface area (Å²) in [5, 5.41) is 6.72. The van der Waals surface area contributed by atoms with E-state index in [2.05, 4.69) is 15.2 Å². The second-order valence-corrected chi connectivity index (χ2v) is 2.99. The monoisotopic (exact) mass is 207 g/mol. The van der Waals surface area contributed by atoms with Crippen molar-refractivity contribution >= 4 is 0 Å². The van der Waals surface area contributed by atoms with Gasteiger partial charge in [-0.15, -0.1) is 0 Å². The molecule has 0 spiro atoms. The molecule has 0 aliphatic heterocycles. The molecule has 0 fully saturated rings. The lowest BCUT2D eigenvalue weighted by Crippen LogP contribution is -1.93. The number of aromatic nitrogens is 3. The van der Waals surface area contributed by atoms with Crippen molar-refractivity contribution in [1.29, 1.82) is 0 Å². The van der Waals surface area contributed by atoms with E-state index in [0.717, 1.165) is 0 Å². The topological polar surface area (TPSA) is 50.8 Å². The third-order valence-electron chi connectivity index (χ3n) is 1.94. The quantitative estimate of drug-likeness (QED) is 0.838. The fourth-order valence-electron chi connectivity index (χ4n) is 1.30. The highest BCUT2D eigenvalue weighted by Gasteiger charge is 2.09. The Kier molecular flexibility index (Phi) is 2.62. The smallest absolute Gasteiger partial charge is 0.228 e. The number of H-pyrrole nitrogens is 1. The van der Waals surface area contributed by atoms with Gasteiger partial charge in [0.05, 0.1) is 5.56 Å². The van der Waals surface area contributed by atoms with Crippen LogP contribution in [-0.4, -0.2) is 22.0 Å². The number of hydrogen-bond acceptors (Lipinski definition) is 3. The molecular weight excluding hydrogens is 197 g/mol. The van der Waals surface area contributed by atoms with Gasteiger partial charge in [-0.3, -0.25) is 5.10 Å². The van der Waals surface area contributed by atoms with Gasteiger partial charge in [-0.05, 0) is 19.1 Å². The zero-order valence-corrected chi connectivity index (χ0v) is 8.20. The van der Waals surface area contributed by atoms with Crippen LogP contribution in [0.2, 0.25) is 0 Å². The van der Waals surface area contributed by atoms with Crippen LogP contribution in [0, 0.1) is 6.92 Å². The number of benzene rings is 1. The van der Waals surface area contributed by atoms with E-state index >= 15 is 0 Å². The lowest BCUT2D eigenvalue weighted by atomic mass is 10.2. The van der Waals surface area contributed by atoms with Gasteiger partial charge in [-0.2, -0.15) is 5.10 Å². The zero-order chi connectivity index (χ0) is 10.7. The summed E-state index contributed by atoms with van der Waals surface area (Å²) >= 11 is 0. The molecule has 0 bridgehead atoms. The summed E-state index contributed by atoms with van der Waals surface area (Å²) in [5.74, 6) is 1.66. The maximum atomic E-state index is 12.1. The molecule has 78 valence electrons. The van der Waals surface area contributed by atoms with Crippen molar-refractivity contribution in [3.05, 3.63) is 30.1 Å². The molecule has 0 saturated carbocycles. The van der Waals surface area contributed by atoms with Gasteiger partial charge in [0.15, 0.2) is 5.82 Å². The summed E-state index contributed by atoms with van der Waals surface area (Å²) in [5.41, 5.74) is 0.680. The van der Waals surface area contributed by atoms with Crippen molar-refractivity contribution in [2.24, 2.45) is 0 Å². The first-order valence-corrected chi connectivity index (χ1v) is 4.48. The molecule has 0 radical (unpaired) electrons. The van der Waals surface area contributed by atoms with E-state index in [4.69, 9.17) is 4.74 Å². The Labute approximate surface area is 86.1 Å². The minimum absolute atomic E-state index is 0.444. The van der Waals surface area contributed by atoms with E-state index in [1.165, 1.54) is 0 Å². The number of para-hydroxylation sites is 1. The first-order valence-electron chi connectivity index (χ1n) is 4.48. The van der Waals surface area contributed by atoms with Gasteiger partial charge in [0, 0.05) is 0 Å². The lowest BCUT2D eigenvalue weighted by Gasteiger charge is -2.04. The van der Waals surface area contributed by atoms with Crippen LogP contribution in [-0.2, 0) is 0 Å². The molecule has 1 aromatic heterocycles. The maximum Gasteiger partial charge on any atom is 0.228 e. The molecule has 15 heavy (non-hydrogen) atoms. The minimum atomic E-state index is -0.861. The van der Waals surface area contributed by atoms with Crippen LogP contribution < -0.4 is 4.74 Å². The fraction of sp³-hybridized carbons (Fsp3) is 0.200. The van der Waals surface area contributed by atoms with Crippen LogP contribution in [0.5, 0.6) is 5.75 Å². The van der Waals surface area contributed by atoms with Crippen LogP contribution in [0.1, 0.15) is 5.82 Å². The van der Waals surface area contributed by atoms with Crippen LogP contribution in [0.25, 0.3) is 11.4 Å². The number of nitrogens with one attached hydrogen (secondary N) is 1. The predicted octanol–water partition coefficient (Wildman–Crippen LogP) is 2.09. The van der Waals surface area contributed by atoms with Crippen LogP contribution in [0.3, 0.4) is 0 Å². The highest BCUT2D eigenvalue weighted by molar-refractivity contribution is 5.63. The Hall–Kier alpha value is -1.91. The van der Waals surface area contributed by atoms with Crippen LogP contribution in [0.4, 0.5) is 4.39 Å². The number of hydrogen-bond donors (Lipinski definition) is 1. The summed E-state index contributed by atoms with van der Waals surface area (Å²) < 4.78 is 16.9. The summed E-state index contributed by atoms with van der Waals surface area (Å²) in [6.45, 7) is 0.940. The molecule has 2 rings (SSSR count). The number of aromatic amines is 1. The molecule has 1 aromatic carbocycles. The van der Waals surface area contributed by atoms with Gasteiger partial charge >= 0.3 is 0 Å². The third-order valence-corrected chi connectivity index (χ3v) is 1.94. The van der Waals surface area contributed by atoms with E-state index in [1.807, 2.05) is 6.07 Å². The number of nitrogens with zero attached hydrogens (tertiary/aromatic N) is 2. The van der Waals surface area contributed by atoms with Gasteiger partial charge in [0.2, 0.25) is 6.86 Å². The highest BCUT2D eigenvalue weighted by Crippen LogP contribution is 2.26. The predicted molar refractivity (Wildman–Crippen MR) is 53.2 cm³/mol. The summed E-state index contributed by atoms with van der Waals surface area (Å²) in [6.07, 6.45) is 0. The Balaban J connectivity index is 2.42. The van der Waals surface area contributed by atoms with Crippen LogP contribution >= 0.6 is 0 Å². The molecule has 0 unspecified atom stereocenters. The van der Waals surface area contributed by atoms with Crippen LogP contribution in [0.15, 0.2) is 24.3 Å². The van der Waals surface area contributed by atoms with Gasteiger partial charge in [-0.1, -0.05) is 12.1 Å². The molecule has 0 saturated heterocycles. The summed E-state index contributed by atoms with van der Waals surface area (Å²) in [7, 11) is 0. The van der Waals surface area contributed by atoms with Gasteiger partial charge in [-0.25, -0.2) is 9.37 Å². The number of aryl methyl sites for hydroxylation is 1. The van der Waals surface area contributed by atoms with E-state index in [9.17, 15) is 4.39 Å². The fourth-order valence-corrected chi connectivity index (χ4v) is 1.30. The third kappa shape index (κ3) is 1.96. The van der Waals surface area contributed by atoms with E-state index < -0.39 is 6.86 Å². The number of halogens is 1. The standard InChI is InChI=1S/C10H10FN3O/c1-7-12-10(14-13-7)8-4-2-3-5-9(8)15-6-11/h2-5H,6H2,1H3,(H,12,13,14). The van der Waals surface area contributed by atoms with Gasteiger partial charge in [0.25, 0.3) is 0 Å². The Morgan fingerprint density at radius 2 is 2.20 bits per heavy atom. The molecule has 1 heterocycles. The molecule has 4 nitrogen and oxygen atoms in total. The average molecular weight is 207 g/mol. The zero-order valence-electron chi connectivity index (χ0n) is 8.20. The maximum absolute atomic E-state index is 12.1. The number of alkyl halides is 1. The summed E-state index contributed by atoms with van der Waals surface area (Å²) in [4.78, 5) is 4.15. The molecule has 0 aliphatic rings. The molecule has 0 amide bonds. The van der Waals surface area contributed by atoms with Gasteiger partial charge < -0.3 is 4.74 Å². The number of rotatable bonds is 3. The SMILES string of the molecule is Cc1nc(-c2ccccc2OCF)n[nH]1. The van der Waals surface area contributed by atoms with Crippen molar-refractivity contribution in [2.45, 2.75) is 6.92 Å². The van der Waals surface area contributed by atoms with Crippen molar-refractivity contribution < 1.29 is 9.13 Å². The Morgan fingerprint density at radius 1 is 1.40 bits per heavy atom. The Morgan fingerprint density at radius 3 is 2.87 bits per heavy atom. The van der Waals surface area contributed by atoms with E-state index in [1.54, 1.807) is 25.1 Å². The van der Waals surface area contributed by atoms with Crippen molar-refractivity contribution in [2.75, 3.05) is 6.86 Å². The second-order valence-electron chi connectivity index (χ2n) is 2.99. The second kappa shape index (κ2) is 4.08. The number of ether oxygens (including phenoxy) is 1. The molecule has 0 aliphatic carbocycles. The van der Waals surface area contributed by atoms with Crippen molar-refractivity contribution in [1.82, 2.24) is 15.2 Å².